The second-order valence-corrected chi connectivity index (χ2v) is 6.98. The highest BCUT2D eigenvalue weighted by Gasteiger charge is 2.17. The Balaban J connectivity index is 1.77. The Bertz CT molecular complexity index is 499. The number of anilines is 1. The number of rotatable bonds is 5. The van der Waals surface area contributed by atoms with Gasteiger partial charge < -0.3 is 10.1 Å². The van der Waals surface area contributed by atoms with Gasteiger partial charge in [-0.05, 0) is 18.1 Å². The SMILES string of the molecule is CS(=O)(=O)CCCOC1CNc2ccccc2C1. The van der Waals surface area contributed by atoms with E-state index in [0.717, 1.165) is 13.0 Å². The maximum absolute atomic E-state index is 11.0. The quantitative estimate of drug-likeness (QED) is 0.823. The summed E-state index contributed by atoms with van der Waals surface area (Å²) in [5.74, 6) is 0.198. The lowest BCUT2D eigenvalue weighted by atomic mass is 10.0. The van der Waals surface area contributed by atoms with Crippen molar-refractivity contribution in [2.24, 2.45) is 0 Å². The van der Waals surface area contributed by atoms with Crippen LogP contribution in [0.4, 0.5) is 5.69 Å². The Morgan fingerprint density at radius 3 is 2.94 bits per heavy atom. The van der Waals surface area contributed by atoms with Gasteiger partial charge >= 0.3 is 0 Å². The third-order valence-corrected chi connectivity index (χ3v) is 4.03. The smallest absolute Gasteiger partial charge is 0.147 e. The van der Waals surface area contributed by atoms with Crippen molar-refractivity contribution in [1.82, 2.24) is 0 Å². The van der Waals surface area contributed by atoms with Crippen molar-refractivity contribution in [3.05, 3.63) is 29.8 Å². The van der Waals surface area contributed by atoms with E-state index < -0.39 is 9.84 Å². The van der Waals surface area contributed by atoms with Crippen LogP contribution in [0.1, 0.15) is 12.0 Å². The molecule has 4 nitrogen and oxygen atoms in total. The number of hydrogen-bond donors (Lipinski definition) is 1. The van der Waals surface area contributed by atoms with Crippen LogP contribution < -0.4 is 5.32 Å². The first-order chi connectivity index (χ1) is 8.54. The maximum atomic E-state index is 11.0. The fraction of sp³-hybridized carbons (Fsp3) is 0.538. The third kappa shape index (κ3) is 3.99. The predicted molar refractivity (Wildman–Crippen MR) is 72.7 cm³/mol. The van der Waals surface area contributed by atoms with Crippen molar-refractivity contribution < 1.29 is 13.2 Å². The van der Waals surface area contributed by atoms with Crippen molar-refractivity contribution in [1.29, 1.82) is 0 Å². The normalized spacial score (nSPS) is 19.1. The number of para-hydroxylation sites is 1. The van der Waals surface area contributed by atoms with Crippen molar-refractivity contribution in [2.75, 3.05) is 30.5 Å². The molecule has 0 fully saturated rings. The van der Waals surface area contributed by atoms with Crippen LogP contribution >= 0.6 is 0 Å². The lowest BCUT2D eigenvalue weighted by Gasteiger charge is -2.26. The molecule has 1 aliphatic heterocycles. The Labute approximate surface area is 108 Å². The fourth-order valence-corrected chi connectivity index (χ4v) is 2.74. The van der Waals surface area contributed by atoms with Gasteiger partial charge in [0.25, 0.3) is 0 Å². The highest BCUT2D eigenvalue weighted by atomic mass is 32.2. The Morgan fingerprint density at radius 2 is 2.17 bits per heavy atom. The highest BCUT2D eigenvalue weighted by molar-refractivity contribution is 7.90. The Kier molecular flexibility index (Phi) is 4.24. The molecule has 1 aliphatic rings. The molecule has 18 heavy (non-hydrogen) atoms. The molecule has 0 bridgehead atoms. The molecule has 1 aromatic rings. The molecule has 5 heteroatoms. The molecule has 0 radical (unpaired) electrons. The molecule has 1 N–H and O–H groups in total. The van der Waals surface area contributed by atoms with Gasteiger partial charge in [0.1, 0.15) is 9.84 Å². The van der Waals surface area contributed by atoms with Crippen LogP contribution in [0, 0.1) is 0 Å². The van der Waals surface area contributed by atoms with Gasteiger partial charge in [0.2, 0.25) is 0 Å². The van der Waals surface area contributed by atoms with Crippen LogP contribution in [0.3, 0.4) is 0 Å². The van der Waals surface area contributed by atoms with E-state index in [-0.39, 0.29) is 11.9 Å². The average Bonchev–Trinajstić information content (AvgIpc) is 2.33. The molecule has 2 rings (SSSR count). The molecule has 0 amide bonds. The Morgan fingerprint density at radius 1 is 1.39 bits per heavy atom. The topological polar surface area (TPSA) is 55.4 Å². The van der Waals surface area contributed by atoms with Crippen LogP contribution in [0.15, 0.2) is 24.3 Å². The van der Waals surface area contributed by atoms with Crippen molar-refractivity contribution in [3.63, 3.8) is 0 Å². The first-order valence-corrected chi connectivity index (χ1v) is 8.22. The molecule has 0 spiro atoms. The van der Waals surface area contributed by atoms with E-state index >= 15 is 0 Å². The van der Waals surface area contributed by atoms with Crippen molar-refractivity contribution in [2.45, 2.75) is 18.9 Å². The monoisotopic (exact) mass is 269 g/mol. The fourth-order valence-electron chi connectivity index (χ4n) is 2.10. The molecule has 1 aromatic carbocycles. The van der Waals surface area contributed by atoms with E-state index in [1.807, 2.05) is 12.1 Å². The van der Waals surface area contributed by atoms with Gasteiger partial charge in [0.15, 0.2) is 0 Å². The number of ether oxygens (including phenoxy) is 1. The number of nitrogens with one attached hydrogen (secondary N) is 1. The Hall–Kier alpha value is -1.07. The molecule has 1 unspecified atom stereocenters. The molecular formula is C13H19NO3S. The first-order valence-electron chi connectivity index (χ1n) is 6.16. The summed E-state index contributed by atoms with van der Waals surface area (Å²) < 4.78 is 27.7. The van der Waals surface area contributed by atoms with Gasteiger partial charge in [-0.15, -0.1) is 0 Å². The summed E-state index contributed by atoms with van der Waals surface area (Å²) in [5.41, 5.74) is 2.44. The molecule has 1 atom stereocenters. The maximum Gasteiger partial charge on any atom is 0.147 e. The van der Waals surface area contributed by atoms with Crippen LogP contribution in [-0.4, -0.2) is 39.7 Å². The summed E-state index contributed by atoms with van der Waals surface area (Å²) in [6, 6.07) is 8.19. The number of benzene rings is 1. The molecule has 0 aliphatic carbocycles. The lowest BCUT2D eigenvalue weighted by Crippen LogP contribution is -2.31. The zero-order chi connectivity index (χ0) is 13.0. The molecule has 0 aromatic heterocycles. The van der Waals surface area contributed by atoms with E-state index in [9.17, 15) is 8.42 Å². The van der Waals surface area contributed by atoms with Crippen LogP contribution in [0.25, 0.3) is 0 Å². The van der Waals surface area contributed by atoms with Gasteiger partial charge in [0, 0.05) is 31.5 Å². The van der Waals surface area contributed by atoms with Crippen molar-refractivity contribution >= 4 is 15.5 Å². The summed E-state index contributed by atoms with van der Waals surface area (Å²) in [7, 11) is -2.87. The van der Waals surface area contributed by atoms with Gasteiger partial charge in [-0.3, -0.25) is 0 Å². The summed E-state index contributed by atoms with van der Waals surface area (Å²) in [6.07, 6.45) is 2.85. The van der Waals surface area contributed by atoms with E-state index in [4.69, 9.17) is 4.74 Å². The molecule has 1 heterocycles. The van der Waals surface area contributed by atoms with Crippen LogP contribution in [-0.2, 0) is 21.0 Å². The summed E-state index contributed by atoms with van der Waals surface area (Å²) in [4.78, 5) is 0. The molecular weight excluding hydrogens is 250 g/mol. The molecule has 100 valence electrons. The molecule has 0 saturated carbocycles. The summed E-state index contributed by atoms with van der Waals surface area (Å²) >= 11 is 0. The highest BCUT2D eigenvalue weighted by Crippen LogP contribution is 2.22. The number of hydrogen-bond acceptors (Lipinski definition) is 4. The number of sulfone groups is 1. The van der Waals surface area contributed by atoms with Gasteiger partial charge in [-0.25, -0.2) is 8.42 Å². The minimum atomic E-state index is -2.87. The van der Waals surface area contributed by atoms with E-state index in [1.165, 1.54) is 17.5 Å². The lowest BCUT2D eigenvalue weighted by molar-refractivity contribution is 0.0611. The standard InChI is InChI=1S/C13H19NO3S/c1-18(15,16)8-4-7-17-12-9-11-5-2-3-6-13(11)14-10-12/h2-3,5-6,12,14H,4,7-10H2,1H3. The second-order valence-electron chi connectivity index (χ2n) is 4.72. The summed E-state index contributed by atoms with van der Waals surface area (Å²) in [6.45, 7) is 1.29. The minimum Gasteiger partial charge on any atom is -0.382 e. The van der Waals surface area contributed by atoms with E-state index in [1.54, 1.807) is 0 Å². The second kappa shape index (κ2) is 5.71. The predicted octanol–water partition coefficient (Wildman–Crippen LogP) is 1.47. The zero-order valence-corrected chi connectivity index (χ0v) is 11.4. The van der Waals surface area contributed by atoms with Gasteiger partial charge in [0.05, 0.1) is 11.9 Å². The minimum absolute atomic E-state index is 0.138. The number of fused-ring (bicyclic) bond motifs is 1. The first kappa shape index (κ1) is 13.4. The summed E-state index contributed by atoms with van der Waals surface area (Å²) in [5, 5.41) is 3.33. The van der Waals surface area contributed by atoms with E-state index in [2.05, 4.69) is 17.4 Å². The van der Waals surface area contributed by atoms with E-state index in [0.29, 0.717) is 13.0 Å². The average molecular weight is 269 g/mol. The third-order valence-electron chi connectivity index (χ3n) is 3.00. The van der Waals surface area contributed by atoms with Crippen molar-refractivity contribution in [3.8, 4) is 0 Å². The zero-order valence-electron chi connectivity index (χ0n) is 10.6. The largest absolute Gasteiger partial charge is 0.382 e. The van der Waals surface area contributed by atoms with Crippen LogP contribution in [0.5, 0.6) is 0 Å². The van der Waals surface area contributed by atoms with Gasteiger partial charge in [-0.1, -0.05) is 18.2 Å². The van der Waals surface area contributed by atoms with Crippen LogP contribution in [0.2, 0.25) is 0 Å². The van der Waals surface area contributed by atoms with Gasteiger partial charge in [-0.2, -0.15) is 0 Å². The molecule has 0 saturated heterocycles.